The monoisotopic (exact) mass is 464 g/mol. The average molecular weight is 464 g/mol. The topological polar surface area (TPSA) is 0 Å². The van der Waals surface area contributed by atoms with Gasteiger partial charge in [0, 0.05) is 7.85 Å². The first-order valence-corrected chi connectivity index (χ1v) is 9.62. The summed E-state index contributed by atoms with van der Waals surface area (Å²) in [6.07, 6.45) is 4.00. The molecule has 0 fully saturated rings. The Balaban J connectivity index is 4.32. The van der Waals surface area contributed by atoms with Crippen LogP contribution in [0, 0.1) is 23.7 Å². The SMILES string of the molecule is CCC(I)CC(C)C(I)C(C)C(C)C(C)CC. The first-order chi connectivity index (χ1) is 7.84. The number of hydrogen-bond acceptors (Lipinski definition) is 0. The van der Waals surface area contributed by atoms with E-state index in [2.05, 4.69) is 86.7 Å². The molecule has 6 unspecified atom stereocenters. The minimum Gasteiger partial charge on any atom is -0.0826 e. The summed E-state index contributed by atoms with van der Waals surface area (Å²) in [6, 6.07) is 0. The van der Waals surface area contributed by atoms with Crippen LogP contribution in [-0.2, 0) is 0 Å². The summed E-state index contributed by atoms with van der Waals surface area (Å²) in [5.74, 6) is 3.38. The van der Waals surface area contributed by atoms with Gasteiger partial charge in [-0.25, -0.2) is 0 Å². The van der Waals surface area contributed by atoms with Crippen LogP contribution in [0.2, 0.25) is 0 Å². The number of rotatable bonds is 8. The van der Waals surface area contributed by atoms with E-state index in [1.807, 2.05) is 0 Å². The molecule has 0 aliphatic carbocycles. The van der Waals surface area contributed by atoms with Gasteiger partial charge in [-0.1, -0.05) is 93.1 Å². The lowest BCUT2D eigenvalue weighted by Crippen LogP contribution is -2.29. The Morgan fingerprint density at radius 2 is 1.29 bits per heavy atom. The van der Waals surface area contributed by atoms with Gasteiger partial charge in [0.2, 0.25) is 0 Å². The van der Waals surface area contributed by atoms with Crippen molar-refractivity contribution in [1.82, 2.24) is 0 Å². The Morgan fingerprint density at radius 3 is 1.71 bits per heavy atom. The molecule has 0 aromatic rings. The van der Waals surface area contributed by atoms with Crippen LogP contribution in [-0.4, -0.2) is 7.85 Å². The highest BCUT2D eigenvalue weighted by molar-refractivity contribution is 14.1. The first kappa shape index (κ1) is 18.5. The molecule has 0 aromatic carbocycles. The molecule has 0 spiro atoms. The summed E-state index contributed by atoms with van der Waals surface area (Å²) in [6.45, 7) is 14.4. The van der Waals surface area contributed by atoms with E-state index in [1.165, 1.54) is 19.3 Å². The summed E-state index contributed by atoms with van der Waals surface area (Å²) in [5, 5.41) is 0. The van der Waals surface area contributed by atoms with Gasteiger partial charge in [0.1, 0.15) is 0 Å². The van der Waals surface area contributed by atoms with E-state index < -0.39 is 0 Å². The molecule has 0 amide bonds. The van der Waals surface area contributed by atoms with Crippen LogP contribution in [0.4, 0.5) is 0 Å². The minimum absolute atomic E-state index is 0.820. The van der Waals surface area contributed by atoms with E-state index >= 15 is 0 Å². The summed E-state index contributed by atoms with van der Waals surface area (Å²) in [5.41, 5.74) is 0. The van der Waals surface area contributed by atoms with Gasteiger partial charge in [0.25, 0.3) is 0 Å². The molecule has 0 aliphatic heterocycles. The van der Waals surface area contributed by atoms with Crippen molar-refractivity contribution in [3.8, 4) is 0 Å². The lowest BCUT2D eigenvalue weighted by Gasteiger charge is -2.33. The van der Waals surface area contributed by atoms with Gasteiger partial charge in [0.15, 0.2) is 0 Å². The first-order valence-electron chi connectivity index (χ1n) is 7.13. The van der Waals surface area contributed by atoms with Gasteiger partial charge in [-0.15, -0.1) is 0 Å². The second-order valence-electron chi connectivity index (χ2n) is 5.77. The highest BCUT2D eigenvalue weighted by Gasteiger charge is 2.28. The van der Waals surface area contributed by atoms with Crippen molar-refractivity contribution in [1.29, 1.82) is 0 Å². The molecule has 0 aliphatic rings. The van der Waals surface area contributed by atoms with Crippen molar-refractivity contribution in [2.75, 3.05) is 0 Å². The molecule has 0 saturated heterocycles. The van der Waals surface area contributed by atoms with E-state index in [4.69, 9.17) is 0 Å². The number of hydrogen-bond donors (Lipinski definition) is 0. The Hall–Kier alpha value is 1.46. The number of alkyl halides is 2. The van der Waals surface area contributed by atoms with Gasteiger partial charge in [-0.3, -0.25) is 0 Å². The Kier molecular flexibility index (Phi) is 10.2. The third kappa shape index (κ3) is 6.44. The smallest absolute Gasteiger partial charge is 0.0164 e. The molecule has 0 rings (SSSR count). The molecule has 6 atom stereocenters. The van der Waals surface area contributed by atoms with E-state index in [-0.39, 0.29) is 0 Å². The summed E-state index contributed by atoms with van der Waals surface area (Å²) in [4.78, 5) is 0. The van der Waals surface area contributed by atoms with E-state index in [9.17, 15) is 0 Å². The highest BCUT2D eigenvalue weighted by Crippen LogP contribution is 2.35. The third-order valence-electron chi connectivity index (χ3n) is 4.49. The molecule has 104 valence electrons. The second kappa shape index (κ2) is 9.38. The predicted molar refractivity (Wildman–Crippen MR) is 97.5 cm³/mol. The Bertz CT molecular complexity index is 193. The van der Waals surface area contributed by atoms with E-state index in [0.717, 1.165) is 31.5 Å². The molecule has 0 nitrogen and oxygen atoms in total. The lowest BCUT2D eigenvalue weighted by molar-refractivity contribution is 0.246. The molecular formula is C15H30I2. The van der Waals surface area contributed by atoms with Crippen LogP contribution < -0.4 is 0 Å². The van der Waals surface area contributed by atoms with Crippen LogP contribution in [0.3, 0.4) is 0 Å². The minimum atomic E-state index is 0.820. The van der Waals surface area contributed by atoms with Gasteiger partial charge < -0.3 is 0 Å². The average Bonchev–Trinajstić information content (AvgIpc) is 2.34. The fraction of sp³-hybridized carbons (Fsp3) is 1.00. The van der Waals surface area contributed by atoms with Gasteiger partial charge in [0.05, 0.1) is 0 Å². The second-order valence-corrected chi connectivity index (χ2v) is 8.97. The zero-order valence-electron chi connectivity index (χ0n) is 12.3. The summed E-state index contributed by atoms with van der Waals surface area (Å²) < 4.78 is 1.67. The maximum absolute atomic E-state index is 2.70. The largest absolute Gasteiger partial charge is 0.0826 e. The molecule has 0 N–H and O–H groups in total. The molecule has 0 bridgehead atoms. The van der Waals surface area contributed by atoms with Crippen molar-refractivity contribution in [3.63, 3.8) is 0 Å². The fourth-order valence-corrected chi connectivity index (χ4v) is 4.15. The maximum atomic E-state index is 2.70. The molecule has 2 heteroatoms. The van der Waals surface area contributed by atoms with E-state index in [1.54, 1.807) is 0 Å². The van der Waals surface area contributed by atoms with Crippen molar-refractivity contribution in [2.24, 2.45) is 23.7 Å². The van der Waals surface area contributed by atoms with Crippen molar-refractivity contribution < 1.29 is 0 Å². The molecule has 0 radical (unpaired) electrons. The summed E-state index contributed by atoms with van der Waals surface area (Å²) >= 11 is 5.32. The third-order valence-corrected chi connectivity index (χ3v) is 8.24. The Morgan fingerprint density at radius 1 is 0.765 bits per heavy atom. The lowest BCUT2D eigenvalue weighted by atomic mass is 9.78. The summed E-state index contributed by atoms with van der Waals surface area (Å²) in [7, 11) is 0. The Labute approximate surface area is 136 Å². The van der Waals surface area contributed by atoms with Gasteiger partial charge in [-0.2, -0.15) is 0 Å². The van der Waals surface area contributed by atoms with Crippen LogP contribution in [0.25, 0.3) is 0 Å². The molecule has 17 heavy (non-hydrogen) atoms. The fourth-order valence-electron chi connectivity index (χ4n) is 2.40. The zero-order valence-corrected chi connectivity index (χ0v) is 16.7. The van der Waals surface area contributed by atoms with Gasteiger partial charge in [-0.05, 0) is 36.5 Å². The van der Waals surface area contributed by atoms with Crippen molar-refractivity contribution in [3.05, 3.63) is 0 Å². The number of halogens is 2. The van der Waals surface area contributed by atoms with Crippen molar-refractivity contribution >= 4 is 45.2 Å². The van der Waals surface area contributed by atoms with Gasteiger partial charge >= 0.3 is 0 Å². The van der Waals surface area contributed by atoms with Crippen LogP contribution in [0.15, 0.2) is 0 Å². The molecule has 0 aromatic heterocycles. The molecule has 0 saturated carbocycles. The van der Waals surface area contributed by atoms with Crippen LogP contribution >= 0.6 is 45.2 Å². The molecular weight excluding hydrogens is 434 g/mol. The quantitative estimate of drug-likeness (QED) is 0.290. The standard InChI is InChI=1S/C15H30I2/c1-7-10(3)12(5)13(6)15(17)11(4)9-14(16)8-2/h10-15H,7-9H2,1-6H3. The highest BCUT2D eigenvalue weighted by atomic mass is 127. The van der Waals surface area contributed by atoms with Crippen LogP contribution in [0.1, 0.15) is 60.8 Å². The maximum Gasteiger partial charge on any atom is 0.0164 e. The van der Waals surface area contributed by atoms with Crippen molar-refractivity contribution in [2.45, 2.75) is 68.7 Å². The van der Waals surface area contributed by atoms with E-state index in [0.29, 0.717) is 0 Å². The van der Waals surface area contributed by atoms with Crippen LogP contribution in [0.5, 0.6) is 0 Å². The molecule has 0 heterocycles. The normalized spacial score (nSPS) is 22.6. The zero-order chi connectivity index (χ0) is 13.6. The predicted octanol–water partition coefficient (Wildman–Crippen LogP) is 6.35.